The highest BCUT2D eigenvalue weighted by molar-refractivity contribution is 5.74. The first-order chi connectivity index (χ1) is 22.3. The van der Waals surface area contributed by atoms with Gasteiger partial charge in [0.05, 0.1) is 29.3 Å². The molecular weight excluding hydrogens is 588 g/mol. The van der Waals surface area contributed by atoms with Gasteiger partial charge in [0.1, 0.15) is 50.1 Å². The molecule has 1 unspecified atom stereocenters. The zero-order chi connectivity index (χ0) is 32.5. The molecule has 234 valence electrons. The number of benzene rings is 3. The largest absolute Gasteiger partial charge is 0.488 e. The summed E-state index contributed by atoms with van der Waals surface area (Å²) in [6, 6.07) is 22.6. The second-order valence-corrected chi connectivity index (χ2v) is 10.6. The fraction of sp³-hybridized carbons (Fsp3) is 0.257. The highest BCUT2D eigenvalue weighted by Crippen LogP contribution is 2.37. The number of aliphatic hydroxyl groups is 1. The van der Waals surface area contributed by atoms with Crippen LogP contribution in [0.1, 0.15) is 39.9 Å². The Hall–Kier alpha value is -5.62. The molecule has 4 aromatic rings. The molecule has 1 atom stereocenters. The van der Waals surface area contributed by atoms with E-state index in [2.05, 4.69) is 16.4 Å². The minimum absolute atomic E-state index is 0.0802. The topological polar surface area (TPSA) is 167 Å². The van der Waals surface area contributed by atoms with Gasteiger partial charge in [-0.25, -0.2) is 0 Å². The number of carbonyl (C=O) groups is 1. The maximum atomic E-state index is 10.9. The smallest absolute Gasteiger partial charge is 0.306 e. The summed E-state index contributed by atoms with van der Waals surface area (Å²) < 4.78 is 23.8. The van der Waals surface area contributed by atoms with Crippen molar-refractivity contribution in [1.82, 2.24) is 10.3 Å². The number of aliphatic hydroxyl groups excluding tert-OH is 1. The lowest BCUT2D eigenvalue weighted by Gasteiger charge is -2.19. The van der Waals surface area contributed by atoms with E-state index in [0.717, 1.165) is 22.3 Å². The van der Waals surface area contributed by atoms with E-state index >= 15 is 0 Å². The van der Waals surface area contributed by atoms with Crippen LogP contribution < -0.4 is 24.3 Å². The molecule has 2 heterocycles. The molecule has 11 heteroatoms. The number of nitrogens with one attached hydrogen (secondary N) is 1. The van der Waals surface area contributed by atoms with E-state index in [1.54, 1.807) is 18.2 Å². The second-order valence-electron chi connectivity index (χ2n) is 10.6. The van der Waals surface area contributed by atoms with Crippen LogP contribution >= 0.6 is 0 Å². The number of hydrogen-bond donors (Lipinski definition) is 3. The molecule has 0 radical (unpaired) electrons. The van der Waals surface area contributed by atoms with Crippen molar-refractivity contribution in [2.24, 2.45) is 0 Å². The second kappa shape index (κ2) is 14.9. The summed E-state index contributed by atoms with van der Waals surface area (Å²) in [4.78, 5) is 15.2. The summed E-state index contributed by atoms with van der Waals surface area (Å²) in [7, 11) is 0. The molecule has 1 aromatic heterocycles. The van der Waals surface area contributed by atoms with E-state index < -0.39 is 12.1 Å². The number of ether oxygens (including phenoxy) is 4. The minimum Gasteiger partial charge on any atom is -0.488 e. The molecule has 3 aromatic carbocycles. The van der Waals surface area contributed by atoms with E-state index in [0.29, 0.717) is 65.1 Å². The number of pyridine rings is 1. The number of nitrogens with zero attached hydrogens (tertiary/aromatic N) is 3. The van der Waals surface area contributed by atoms with Crippen LogP contribution in [0.3, 0.4) is 0 Å². The van der Waals surface area contributed by atoms with Gasteiger partial charge in [-0.3, -0.25) is 9.78 Å². The fourth-order valence-electron chi connectivity index (χ4n) is 4.99. The summed E-state index contributed by atoms with van der Waals surface area (Å²) in [5.41, 5.74) is 5.41. The Morgan fingerprint density at radius 1 is 0.978 bits per heavy atom. The fourth-order valence-corrected chi connectivity index (χ4v) is 4.99. The van der Waals surface area contributed by atoms with Crippen LogP contribution in [0, 0.1) is 29.6 Å². The van der Waals surface area contributed by atoms with Crippen molar-refractivity contribution in [1.29, 1.82) is 10.5 Å². The Bertz CT molecular complexity index is 1790. The van der Waals surface area contributed by atoms with Gasteiger partial charge in [0.25, 0.3) is 0 Å². The zero-order valence-corrected chi connectivity index (χ0v) is 25.2. The average molecular weight is 621 g/mol. The van der Waals surface area contributed by atoms with Gasteiger partial charge in [-0.15, -0.1) is 0 Å². The molecule has 1 aliphatic heterocycles. The molecule has 46 heavy (non-hydrogen) atoms. The summed E-state index contributed by atoms with van der Waals surface area (Å²) in [5, 5.41) is 41.2. The maximum absolute atomic E-state index is 10.9. The highest BCUT2D eigenvalue weighted by atomic mass is 16.6. The Morgan fingerprint density at radius 2 is 1.78 bits per heavy atom. The third-order valence-electron chi connectivity index (χ3n) is 7.29. The number of carboxylic acid groups (broad SMARTS) is 1. The molecule has 0 saturated carbocycles. The van der Waals surface area contributed by atoms with E-state index in [-0.39, 0.29) is 26.2 Å². The van der Waals surface area contributed by atoms with Gasteiger partial charge in [-0.2, -0.15) is 10.5 Å². The van der Waals surface area contributed by atoms with Crippen LogP contribution in [0.25, 0.3) is 11.1 Å². The molecule has 1 aliphatic rings. The molecule has 0 amide bonds. The Balaban J connectivity index is 1.36. The van der Waals surface area contributed by atoms with E-state index in [1.165, 1.54) is 6.20 Å². The Kier molecular flexibility index (Phi) is 10.3. The van der Waals surface area contributed by atoms with Crippen molar-refractivity contribution >= 4 is 5.97 Å². The van der Waals surface area contributed by atoms with Crippen LogP contribution in [-0.4, -0.2) is 47.0 Å². The number of hydrogen-bond acceptors (Lipinski definition) is 10. The number of rotatable bonds is 13. The van der Waals surface area contributed by atoms with E-state index in [4.69, 9.17) is 29.3 Å². The molecule has 5 rings (SSSR count). The van der Waals surface area contributed by atoms with E-state index in [1.807, 2.05) is 55.5 Å². The van der Waals surface area contributed by atoms with E-state index in [9.17, 15) is 15.2 Å². The van der Waals surface area contributed by atoms with Gasteiger partial charge in [-0.1, -0.05) is 24.3 Å². The SMILES string of the molecule is Cc1cc(CNCC(O)CC(=O)O)c(OCc2ccc(C#N)cn2)cc1OCc1cccc(-c2ccc3c(c2)OCCO3)c1C#N. The van der Waals surface area contributed by atoms with Crippen molar-refractivity contribution < 1.29 is 34.0 Å². The van der Waals surface area contributed by atoms with Gasteiger partial charge >= 0.3 is 5.97 Å². The summed E-state index contributed by atoms with van der Waals surface area (Å²) in [6.45, 7) is 3.47. The monoisotopic (exact) mass is 620 g/mol. The summed E-state index contributed by atoms with van der Waals surface area (Å²) in [5.74, 6) is 1.27. The lowest BCUT2D eigenvalue weighted by atomic mass is 9.96. The van der Waals surface area contributed by atoms with Gasteiger partial charge in [0, 0.05) is 36.5 Å². The molecule has 3 N–H and O–H groups in total. The molecular formula is C35H32N4O7. The number of fused-ring (bicyclic) bond motifs is 1. The molecule has 0 fully saturated rings. The third kappa shape index (κ3) is 7.90. The van der Waals surface area contributed by atoms with Crippen molar-refractivity contribution in [3.8, 4) is 46.3 Å². The maximum Gasteiger partial charge on any atom is 0.306 e. The van der Waals surface area contributed by atoms with Gasteiger partial charge < -0.3 is 34.5 Å². The molecule has 0 spiro atoms. The quantitative estimate of drug-likeness (QED) is 0.190. The first-order valence-electron chi connectivity index (χ1n) is 14.6. The van der Waals surface area contributed by atoms with Gasteiger partial charge in [0.15, 0.2) is 11.5 Å². The van der Waals surface area contributed by atoms with Crippen molar-refractivity contribution in [3.63, 3.8) is 0 Å². The standard InChI is InChI=1S/C35H32N4O7/c1-22-11-26(18-38-19-28(40)13-35(41)42)33(46-21-27-7-5-23(15-36)17-39-27)14-32(22)45-20-25-3-2-4-29(30(25)16-37)24-6-8-31-34(12-24)44-10-9-43-31/h2-8,11-12,14,17,28,38,40H,9-10,13,18-21H2,1H3,(H,41,42). The Labute approximate surface area is 266 Å². The van der Waals surface area contributed by atoms with Crippen molar-refractivity contribution in [3.05, 3.63) is 100 Å². The van der Waals surface area contributed by atoms with Gasteiger partial charge in [-0.05, 0) is 53.9 Å². The first-order valence-corrected chi connectivity index (χ1v) is 14.6. The zero-order valence-electron chi connectivity index (χ0n) is 25.2. The highest BCUT2D eigenvalue weighted by Gasteiger charge is 2.17. The lowest BCUT2D eigenvalue weighted by molar-refractivity contribution is -0.139. The molecule has 0 aliphatic carbocycles. The number of aryl methyl sites for hydroxylation is 1. The Morgan fingerprint density at radius 3 is 2.52 bits per heavy atom. The third-order valence-corrected chi connectivity index (χ3v) is 7.29. The minimum atomic E-state index is -1.08. The molecule has 0 bridgehead atoms. The van der Waals surface area contributed by atoms with Gasteiger partial charge in [0.2, 0.25) is 0 Å². The van der Waals surface area contributed by atoms with Crippen LogP contribution in [0.15, 0.2) is 66.9 Å². The summed E-state index contributed by atoms with van der Waals surface area (Å²) in [6.07, 6.45) is 0.0638. The first kappa shape index (κ1) is 31.8. The number of aromatic nitrogens is 1. The van der Waals surface area contributed by atoms with Crippen LogP contribution in [0.4, 0.5) is 0 Å². The normalized spacial score (nSPS) is 12.4. The molecule has 0 saturated heterocycles. The van der Waals surface area contributed by atoms with Crippen LogP contribution in [0.5, 0.6) is 23.0 Å². The predicted octanol–water partition coefficient (Wildman–Crippen LogP) is 4.65. The number of nitriles is 2. The number of aliphatic carboxylic acids is 1. The van der Waals surface area contributed by atoms with Crippen LogP contribution in [-0.2, 0) is 24.6 Å². The number of carboxylic acids is 1. The van der Waals surface area contributed by atoms with Crippen molar-refractivity contribution in [2.45, 2.75) is 39.2 Å². The van der Waals surface area contributed by atoms with Crippen LogP contribution in [0.2, 0.25) is 0 Å². The predicted molar refractivity (Wildman–Crippen MR) is 166 cm³/mol. The lowest BCUT2D eigenvalue weighted by Crippen LogP contribution is -2.28. The van der Waals surface area contributed by atoms with Crippen molar-refractivity contribution in [2.75, 3.05) is 19.8 Å². The molecule has 11 nitrogen and oxygen atoms in total. The average Bonchev–Trinajstić information content (AvgIpc) is 3.06. The summed E-state index contributed by atoms with van der Waals surface area (Å²) >= 11 is 0.